The summed E-state index contributed by atoms with van der Waals surface area (Å²) in [6.07, 6.45) is 2.29. The number of benzene rings is 1. The Balaban J connectivity index is 2.09. The molecule has 1 fully saturated rings. The number of aromatic carboxylic acids is 1. The minimum atomic E-state index is -0.910. The second-order valence-corrected chi connectivity index (χ2v) is 4.34. The average Bonchev–Trinajstić information content (AvgIpc) is 2.83. The fourth-order valence-electron chi connectivity index (χ4n) is 2.13. The van der Waals surface area contributed by atoms with Crippen LogP contribution in [0.1, 0.15) is 30.1 Å². The van der Waals surface area contributed by atoms with Crippen LogP contribution in [0, 0.1) is 0 Å². The summed E-state index contributed by atoms with van der Waals surface area (Å²) < 4.78 is 5.58. The lowest BCUT2D eigenvalue weighted by Gasteiger charge is -2.22. The summed E-state index contributed by atoms with van der Waals surface area (Å²) in [7, 11) is 0. The van der Waals surface area contributed by atoms with E-state index < -0.39 is 5.97 Å². The molecule has 0 bridgehead atoms. The van der Waals surface area contributed by atoms with Crippen LogP contribution in [0.3, 0.4) is 0 Å². The summed E-state index contributed by atoms with van der Waals surface area (Å²) in [5.41, 5.74) is 0.959. The van der Waals surface area contributed by atoms with Crippen molar-refractivity contribution in [2.75, 3.05) is 11.9 Å². The van der Waals surface area contributed by atoms with Gasteiger partial charge in [0.1, 0.15) is 0 Å². The minimum absolute atomic E-state index is 0.123. The number of rotatable bonds is 4. The van der Waals surface area contributed by atoms with Crippen molar-refractivity contribution in [2.45, 2.75) is 31.9 Å². The second-order valence-electron chi connectivity index (χ2n) is 4.34. The van der Waals surface area contributed by atoms with Crippen LogP contribution in [-0.2, 0) is 4.74 Å². The van der Waals surface area contributed by atoms with Gasteiger partial charge in [0, 0.05) is 18.3 Å². The lowest BCUT2D eigenvalue weighted by atomic mass is 10.1. The van der Waals surface area contributed by atoms with Gasteiger partial charge >= 0.3 is 5.97 Å². The maximum absolute atomic E-state index is 11.1. The molecule has 92 valence electrons. The number of anilines is 1. The van der Waals surface area contributed by atoms with Gasteiger partial charge in [0.2, 0.25) is 0 Å². The zero-order valence-electron chi connectivity index (χ0n) is 9.85. The van der Waals surface area contributed by atoms with E-state index in [1.807, 2.05) is 13.0 Å². The molecule has 1 saturated heterocycles. The van der Waals surface area contributed by atoms with Gasteiger partial charge in [-0.3, -0.25) is 0 Å². The molecule has 0 amide bonds. The van der Waals surface area contributed by atoms with Gasteiger partial charge in [-0.15, -0.1) is 0 Å². The van der Waals surface area contributed by atoms with E-state index in [1.165, 1.54) is 0 Å². The monoisotopic (exact) mass is 235 g/mol. The molecule has 4 nitrogen and oxygen atoms in total. The molecule has 0 aromatic heterocycles. The summed E-state index contributed by atoms with van der Waals surface area (Å²) >= 11 is 0. The number of carbonyl (C=O) groups is 1. The molecule has 1 aromatic rings. The molecule has 2 unspecified atom stereocenters. The topological polar surface area (TPSA) is 58.6 Å². The lowest BCUT2D eigenvalue weighted by Crippen LogP contribution is -2.30. The molecule has 1 aliphatic rings. The molecule has 0 spiro atoms. The number of ether oxygens (including phenoxy) is 1. The summed E-state index contributed by atoms with van der Waals surface area (Å²) in [5.74, 6) is -0.910. The first kappa shape index (κ1) is 11.9. The highest BCUT2D eigenvalue weighted by Gasteiger charge is 2.23. The van der Waals surface area contributed by atoms with Gasteiger partial charge in [-0.2, -0.15) is 0 Å². The third kappa shape index (κ3) is 2.77. The predicted octanol–water partition coefficient (Wildman–Crippen LogP) is 2.36. The summed E-state index contributed by atoms with van der Waals surface area (Å²) in [5, 5.41) is 12.3. The van der Waals surface area contributed by atoms with Crippen molar-refractivity contribution in [3.05, 3.63) is 29.8 Å². The highest BCUT2D eigenvalue weighted by atomic mass is 16.5. The van der Waals surface area contributed by atoms with E-state index in [4.69, 9.17) is 9.84 Å². The van der Waals surface area contributed by atoms with E-state index in [2.05, 4.69) is 5.32 Å². The maximum atomic E-state index is 11.1. The van der Waals surface area contributed by atoms with Crippen LogP contribution in [0.5, 0.6) is 0 Å². The highest BCUT2D eigenvalue weighted by molar-refractivity contribution is 5.94. The van der Waals surface area contributed by atoms with Crippen LogP contribution in [0.4, 0.5) is 5.69 Å². The van der Waals surface area contributed by atoms with E-state index in [9.17, 15) is 4.79 Å². The highest BCUT2D eigenvalue weighted by Crippen LogP contribution is 2.21. The van der Waals surface area contributed by atoms with Gasteiger partial charge in [0.15, 0.2) is 0 Å². The minimum Gasteiger partial charge on any atom is -0.478 e. The fraction of sp³-hybridized carbons (Fsp3) is 0.462. The summed E-state index contributed by atoms with van der Waals surface area (Å²) in [4.78, 5) is 11.1. The van der Waals surface area contributed by atoms with Gasteiger partial charge < -0.3 is 15.2 Å². The first-order chi connectivity index (χ1) is 8.18. The molecule has 2 rings (SSSR count). The number of para-hydroxylation sites is 1. The first-order valence-electron chi connectivity index (χ1n) is 5.89. The summed E-state index contributed by atoms with van der Waals surface area (Å²) in [6.45, 7) is 2.83. The van der Waals surface area contributed by atoms with Crippen molar-refractivity contribution in [1.82, 2.24) is 0 Å². The number of nitrogens with one attached hydrogen (secondary N) is 1. The Kier molecular flexibility index (Phi) is 3.64. The first-order valence-corrected chi connectivity index (χ1v) is 5.89. The largest absolute Gasteiger partial charge is 0.478 e. The van der Waals surface area contributed by atoms with Crippen molar-refractivity contribution in [3.63, 3.8) is 0 Å². The SMILES string of the molecule is CC(Nc1ccccc1C(=O)O)C1CCCO1. The molecular weight excluding hydrogens is 218 g/mol. The van der Waals surface area contributed by atoms with E-state index in [1.54, 1.807) is 18.2 Å². The quantitative estimate of drug-likeness (QED) is 0.841. The van der Waals surface area contributed by atoms with E-state index in [0.29, 0.717) is 11.3 Å². The molecule has 0 radical (unpaired) electrons. The zero-order chi connectivity index (χ0) is 12.3. The van der Waals surface area contributed by atoms with Crippen LogP contribution in [0.15, 0.2) is 24.3 Å². The van der Waals surface area contributed by atoms with Crippen LogP contribution in [-0.4, -0.2) is 29.8 Å². The van der Waals surface area contributed by atoms with Crippen molar-refractivity contribution in [2.24, 2.45) is 0 Å². The maximum Gasteiger partial charge on any atom is 0.337 e. The second kappa shape index (κ2) is 5.19. The average molecular weight is 235 g/mol. The van der Waals surface area contributed by atoms with Crippen LogP contribution >= 0.6 is 0 Å². The van der Waals surface area contributed by atoms with Gasteiger partial charge in [-0.05, 0) is 31.9 Å². The third-order valence-corrected chi connectivity index (χ3v) is 3.06. The van der Waals surface area contributed by atoms with E-state index in [0.717, 1.165) is 19.4 Å². The predicted molar refractivity (Wildman–Crippen MR) is 65.5 cm³/mol. The van der Waals surface area contributed by atoms with Gasteiger partial charge in [0.05, 0.1) is 11.7 Å². The smallest absolute Gasteiger partial charge is 0.337 e. The Labute approximate surface area is 101 Å². The summed E-state index contributed by atoms with van der Waals surface area (Å²) in [6, 6.07) is 7.07. The molecular formula is C13H17NO3. The standard InChI is InChI=1S/C13H17NO3/c1-9(12-7-4-8-17-12)14-11-6-3-2-5-10(11)13(15)16/h2-3,5-6,9,12,14H,4,7-8H2,1H3,(H,15,16). The number of carboxylic acids is 1. The molecule has 0 aliphatic carbocycles. The molecule has 4 heteroatoms. The molecule has 1 aliphatic heterocycles. The lowest BCUT2D eigenvalue weighted by molar-refractivity contribution is 0.0697. The fourth-order valence-corrected chi connectivity index (χ4v) is 2.13. The number of carboxylic acid groups (broad SMARTS) is 1. The van der Waals surface area contributed by atoms with Crippen molar-refractivity contribution in [3.8, 4) is 0 Å². The van der Waals surface area contributed by atoms with Crippen molar-refractivity contribution in [1.29, 1.82) is 0 Å². The van der Waals surface area contributed by atoms with Crippen LogP contribution in [0.2, 0.25) is 0 Å². The Morgan fingerprint density at radius 3 is 2.94 bits per heavy atom. The Morgan fingerprint density at radius 1 is 1.53 bits per heavy atom. The molecule has 0 saturated carbocycles. The van der Waals surface area contributed by atoms with E-state index >= 15 is 0 Å². The van der Waals surface area contributed by atoms with Crippen LogP contribution in [0.25, 0.3) is 0 Å². The van der Waals surface area contributed by atoms with Crippen molar-refractivity contribution < 1.29 is 14.6 Å². The molecule has 2 atom stereocenters. The zero-order valence-corrected chi connectivity index (χ0v) is 9.85. The molecule has 17 heavy (non-hydrogen) atoms. The Hall–Kier alpha value is -1.55. The van der Waals surface area contributed by atoms with Gasteiger partial charge in [0.25, 0.3) is 0 Å². The number of hydrogen-bond donors (Lipinski definition) is 2. The third-order valence-electron chi connectivity index (χ3n) is 3.06. The van der Waals surface area contributed by atoms with Gasteiger partial charge in [-0.1, -0.05) is 12.1 Å². The Morgan fingerprint density at radius 2 is 2.29 bits per heavy atom. The van der Waals surface area contributed by atoms with Crippen LogP contribution < -0.4 is 5.32 Å². The number of hydrogen-bond acceptors (Lipinski definition) is 3. The molecule has 1 aromatic carbocycles. The van der Waals surface area contributed by atoms with Crippen molar-refractivity contribution >= 4 is 11.7 Å². The molecule has 1 heterocycles. The normalized spacial score (nSPS) is 21.1. The van der Waals surface area contributed by atoms with Gasteiger partial charge in [-0.25, -0.2) is 4.79 Å². The molecule has 2 N–H and O–H groups in total. The Bertz CT molecular complexity index is 399. The van der Waals surface area contributed by atoms with E-state index in [-0.39, 0.29) is 12.1 Å².